The molecule has 0 radical (unpaired) electrons. The third kappa shape index (κ3) is 4.54. The molecular formula is C27H23F2NO3S. The number of hydrogen-bond donors (Lipinski definition) is 1. The number of rotatable bonds is 8. The highest BCUT2D eigenvalue weighted by Crippen LogP contribution is 2.42. The number of benzene rings is 3. The van der Waals surface area contributed by atoms with Crippen LogP contribution >= 0.6 is 11.3 Å². The third-order valence-electron chi connectivity index (χ3n) is 6.06. The fourth-order valence-electron chi connectivity index (χ4n) is 4.17. The summed E-state index contributed by atoms with van der Waals surface area (Å²) in [6.07, 6.45) is 0.858. The van der Waals surface area contributed by atoms with E-state index in [0.29, 0.717) is 21.6 Å². The summed E-state index contributed by atoms with van der Waals surface area (Å²) in [6, 6.07) is 18.3. The van der Waals surface area contributed by atoms with Crippen LogP contribution in [0.1, 0.15) is 20.8 Å². The van der Waals surface area contributed by atoms with Crippen molar-refractivity contribution in [2.24, 2.45) is 5.92 Å². The second-order valence-corrected chi connectivity index (χ2v) is 9.58. The van der Waals surface area contributed by atoms with Crippen LogP contribution in [0.25, 0.3) is 10.1 Å². The summed E-state index contributed by atoms with van der Waals surface area (Å²) in [6.45, 7) is 2.27. The molecule has 0 unspecified atom stereocenters. The van der Waals surface area contributed by atoms with Gasteiger partial charge in [0.15, 0.2) is 5.75 Å². The number of phenols is 1. The number of ether oxygens (including phenoxy) is 1. The Bertz CT molecular complexity index is 1330. The number of phenolic OH excluding ortho intramolecular Hbond substituents is 1. The van der Waals surface area contributed by atoms with Crippen LogP contribution in [0.15, 0.2) is 66.7 Å². The van der Waals surface area contributed by atoms with Crippen molar-refractivity contribution in [2.45, 2.75) is 6.42 Å². The number of likely N-dealkylation sites (tertiary alicyclic amines) is 1. The molecule has 1 N–H and O–H groups in total. The summed E-state index contributed by atoms with van der Waals surface area (Å²) in [5.41, 5.74) is 1.11. The van der Waals surface area contributed by atoms with E-state index in [1.54, 1.807) is 18.2 Å². The first-order valence-corrected chi connectivity index (χ1v) is 11.9. The fraction of sp³-hybridized carbons (Fsp3) is 0.222. The predicted molar refractivity (Wildman–Crippen MR) is 129 cm³/mol. The molecule has 0 amide bonds. The zero-order valence-corrected chi connectivity index (χ0v) is 19.2. The number of halogens is 2. The molecule has 1 aromatic heterocycles. The van der Waals surface area contributed by atoms with Gasteiger partial charge in [-0.3, -0.25) is 9.18 Å². The number of hydrogen-bond acceptors (Lipinski definition) is 5. The van der Waals surface area contributed by atoms with Crippen LogP contribution in [0.4, 0.5) is 8.78 Å². The number of carbonyl (C=O) groups excluding carboxylic acids is 1. The molecule has 0 bridgehead atoms. The van der Waals surface area contributed by atoms with Crippen molar-refractivity contribution in [3.63, 3.8) is 0 Å². The predicted octanol–water partition coefficient (Wildman–Crippen LogP) is 6.21. The van der Waals surface area contributed by atoms with Gasteiger partial charge < -0.3 is 14.7 Å². The second kappa shape index (κ2) is 9.52. The monoisotopic (exact) mass is 479 g/mol. The van der Waals surface area contributed by atoms with Crippen LogP contribution in [0, 0.1) is 11.7 Å². The van der Waals surface area contributed by atoms with E-state index in [1.165, 1.54) is 24.3 Å². The lowest BCUT2D eigenvalue weighted by atomic mass is 10.0. The number of ketones is 1. The first-order valence-electron chi connectivity index (χ1n) is 11.1. The number of alkyl halides is 1. The quantitative estimate of drug-likeness (QED) is 0.305. The number of fused-ring (bicyclic) bond motifs is 1. The van der Waals surface area contributed by atoms with Crippen molar-refractivity contribution in [2.75, 3.05) is 26.3 Å². The molecular weight excluding hydrogens is 456 g/mol. The summed E-state index contributed by atoms with van der Waals surface area (Å²) in [5, 5.41) is 10.6. The van der Waals surface area contributed by atoms with E-state index in [2.05, 4.69) is 4.90 Å². The Morgan fingerprint density at radius 2 is 1.85 bits per heavy atom. The molecule has 1 saturated heterocycles. The van der Waals surface area contributed by atoms with Gasteiger partial charge in [-0.05, 0) is 54.4 Å². The summed E-state index contributed by atoms with van der Waals surface area (Å²) >= 11 is 1.16. The molecule has 34 heavy (non-hydrogen) atoms. The second-order valence-electron chi connectivity index (χ2n) is 8.53. The lowest BCUT2D eigenvalue weighted by Gasteiger charge is -2.37. The Kier molecular flexibility index (Phi) is 6.30. The van der Waals surface area contributed by atoms with Crippen LogP contribution in [0.5, 0.6) is 17.2 Å². The Morgan fingerprint density at radius 3 is 2.59 bits per heavy atom. The van der Waals surface area contributed by atoms with E-state index in [1.807, 2.05) is 24.3 Å². The average molecular weight is 480 g/mol. The lowest BCUT2D eigenvalue weighted by molar-refractivity contribution is 0.0824. The topological polar surface area (TPSA) is 49.8 Å². The van der Waals surface area contributed by atoms with Crippen molar-refractivity contribution in [3.8, 4) is 17.2 Å². The standard InChI is InChI=1S/C27H23F2NO3S/c28-14-18-15-30(16-18)12-11-17-5-8-20(9-6-17)33-26-22-10-7-19(31)13-24(22)34-27(26)25(32)21-3-1-2-4-23(21)29/h1-10,13,18,31H,11-12,14-16H2. The Labute approximate surface area is 200 Å². The first kappa shape index (κ1) is 22.5. The number of carbonyl (C=O) groups is 1. The Morgan fingerprint density at radius 1 is 1.09 bits per heavy atom. The molecule has 1 aliphatic heterocycles. The largest absolute Gasteiger partial charge is 0.508 e. The SMILES string of the molecule is O=C(c1ccccc1F)c1sc2cc(O)ccc2c1Oc1ccc(CCN2CC(CF)C2)cc1. The zero-order chi connectivity index (χ0) is 23.7. The zero-order valence-electron chi connectivity index (χ0n) is 18.3. The molecule has 0 atom stereocenters. The Balaban J connectivity index is 1.39. The van der Waals surface area contributed by atoms with Crippen molar-refractivity contribution < 1.29 is 23.4 Å². The van der Waals surface area contributed by atoms with Gasteiger partial charge in [0.05, 0.1) is 12.2 Å². The number of thiophene rings is 1. The smallest absolute Gasteiger partial charge is 0.209 e. The molecule has 4 aromatic rings. The normalized spacial score (nSPS) is 14.3. The molecule has 5 rings (SSSR count). The lowest BCUT2D eigenvalue weighted by Crippen LogP contribution is -2.48. The molecule has 0 saturated carbocycles. The molecule has 174 valence electrons. The minimum Gasteiger partial charge on any atom is -0.508 e. The molecule has 7 heteroatoms. The van der Waals surface area contributed by atoms with Gasteiger partial charge in [-0.1, -0.05) is 24.3 Å². The number of nitrogens with zero attached hydrogens (tertiary/aromatic N) is 1. The fourth-order valence-corrected chi connectivity index (χ4v) is 5.28. The van der Waals surface area contributed by atoms with E-state index in [-0.39, 0.29) is 28.8 Å². The van der Waals surface area contributed by atoms with E-state index in [0.717, 1.165) is 43.0 Å². The van der Waals surface area contributed by atoms with E-state index in [9.17, 15) is 18.7 Å². The van der Waals surface area contributed by atoms with Gasteiger partial charge in [-0.15, -0.1) is 11.3 Å². The maximum atomic E-state index is 14.3. The summed E-state index contributed by atoms with van der Waals surface area (Å²) in [7, 11) is 0. The molecule has 1 fully saturated rings. The van der Waals surface area contributed by atoms with Crippen LogP contribution in [0.2, 0.25) is 0 Å². The van der Waals surface area contributed by atoms with E-state index < -0.39 is 11.6 Å². The summed E-state index contributed by atoms with van der Waals surface area (Å²) in [5.74, 6) is 0.100. The van der Waals surface area contributed by atoms with E-state index in [4.69, 9.17) is 4.74 Å². The van der Waals surface area contributed by atoms with Gasteiger partial charge in [-0.25, -0.2) is 4.39 Å². The summed E-state index contributed by atoms with van der Waals surface area (Å²) < 4.78 is 33.8. The maximum absolute atomic E-state index is 14.3. The van der Waals surface area contributed by atoms with Crippen LogP contribution in [-0.4, -0.2) is 42.1 Å². The first-order chi connectivity index (χ1) is 16.5. The van der Waals surface area contributed by atoms with Gasteiger partial charge in [0.2, 0.25) is 5.78 Å². The maximum Gasteiger partial charge on any atom is 0.209 e. The number of aromatic hydroxyl groups is 1. The molecule has 0 spiro atoms. The highest BCUT2D eigenvalue weighted by molar-refractivity contribution is 7.21. The van der Waals surface area contributed by atoms with Crippen molar-refractivity contribution in [1.82, 2.24) is 4.90 Å². The molecule has 1 aliphatic rings. The average Bonchev–Trinajstić information content (AvgIpc) is 3.16. The minimum atomic E-state index is -0.594. The third-order valence-corrected chi connectivity index (χ3v) is 7.20. The molecule has 3 aromatic carbocycles. The minimum absolute atomic E-state index is 0.0283. The van der Waals surface area contributed by atoms with Crippen LogP contribution < -0.4 is 4.74 Å². The van der Waals surface area contributed by atoms with Crippen molar-refractivity contribution in [3.05, 3.63) is 88.6 Å². The highest BCUT2D eigenvalue weighted by Gasteiger charge is 2.26. The van der Waals surface area contributed by atoms with Crippen molar-refractivity contribution >= 4 is 27.2 Å². The molecule has 4 nitrogen and oxygen atoms in total. The van der Waals surface area contributed by atoms with Crippen LogP contribution in [0.3, 0.4) is 0 Å². The molecule has 0 aliphatic carbocycles. The van der Waals surface area contributed by atoms with E-state index >= 15 is 0 Å². The van der Waals surface area contributed by atoms with Gasteiger partial charge in [-0.2, -0.15) is 0 Å². The summed E-state index contributed by atoms with van der Waals surface area (Å²) in [4.78, 5) is 15.7. The van der Waals surface area contributed by atoms with Gasteiger partial charge in [0.1, 0.15) is 22.2 Å². The van der Waals surface area contributed by atoms with Gasteiger partial charge in [0.25, 0.3) is 0 Å². The van der Waals surface area contributed by atoms with Crippen molar-refractivity contribution in [1.29, 1.82) is 0 Å². The highest BCUT2D eigenvalue weighted by atomic mass is 32.1. The van der Waals surface area contributed by atoms with Crippen LogP contribution in [-0.2, 0) is 6.42 Å². The Hall–Kier alpha value is -3.29. The van der Waals surface area contributed by atoms with Gasteiger partial charge >= 0.3 is 0 Å². The van der Waals surface area contributed by atoms with Gasteiger partial charge in [0, 0.05) is 35.6 Å². The molecule has 2 heterocycles.